The first kappa shape index (κ1) is 19.8. The second-order valence-electron chi connectivity index (χ2n) is 7.14. The first-order chi connectivity index (χ1) is 12.2. The minimum atomic E-state index is 0.374. The van der Waals surface area contributed by atoms with E-state index in [1.165, 1.54) is 31.2 Å². The largest absolute Gasteiger partial charge is 0.382 e. The van der Waals surface area contributed by atoms with Gasteiger partial charge in [0.05, 0.1) is 6.20 Å². The van der Waals surface area contributed by atoms with Gasteiger partial charge in [0.25, 0.3) is 0 Å². The molecule has 6 heteroatoms. The molecule has 0 radical (unpaired) electrons. The molecule has 1 aliphatic carbocycles. The van der Waals surface area contributed by atoms with E-state index in [4.69, 9.17) is 4.74 Å². The topological polar surface area (TPSA) is 63.5 Å². The van der Waals surface area contributed by atoms with Crippen LogP contribution in [0, 0.1) is 12.3 Å². The average molecular weight is 350 g/mol. The summed E-state index contributed by atoms with van der Waals surface area (Å²) in [6.45, 7) is 8.61. The zero-order valence-corrected chi connectivity index (χ0v) is 16.2. The molecule has 25 heavy (non-hydrogen) atoms. The van der Waals surface area contributed by atoms with E-state index < -0.39 is 0 Å². The number of hydrogen-bond donors (Lipinski definition) is 2. The van der Waals surface area contributed by atoms with Crippen molar-refractivity contribution in [3.63, 3.8) is 0 Å². The Bertz CT molecular complexity index is 520. The van der Waals surface area contributed by atoms with Crippen LogP contribution in [0.5, 0.6) is 0 Å². The SMILES string of the molecule is CCOCCC1(CNC(=NC)NCCCn2cc(C)cn2)CCCC1. The average Bonchev–Trinajstić information content (AvgIpc) is 3.24. The summed E-state index contributed by atoms with van der Waals surface area (Å²) >= 11 is 0. The minimum absolute atomic E-state index is 0.374. The molecule has 1 saturated carbocycles. The lowest BCUT2D eigenvalue weighted by Gasteiger charge is -2.30. The molecule has 2 N–H and O–H groups in total. The maximum Gasteiger partial charge on any atom is 0.190 e. The maximum absolute atomic E-state index is 5.59. The number of aromatic nitrogens is 2. The fourth-order valence-electron chi connectivity index (χ4n) is 3.60. The van der Waals surface area contributed by atoms with E-state index in [-0.39, 0.29) is 0 Å². The van der Waals surface area contributed by atoms with Gasteiger partial charge in [0.1, 0.15) is 0 Å². The molecule has 1 fully saturated rings. The van der Waals surface area contributed by atoms with Gasteiger partial charge < -0.3 is 15.4 Å². The number of aliphatic imine (C=N–C) groups is 1. The molecular weight excluding hydrogens is 314 g/mol. The van der Waals surface area contributed by atoms with Crippen LogP contribution in [0.4, 0.5) is 0 Å². The van der Waals surface area contributed by atoms with Crippen LogP contribution < -0.4 is 10.6 Å². The third-order valence-corrected chi connectivity index (χ3v) is 5.12. The van der Waals surface area contributed by atoms with Crippen LogP contribution in [0.2, 0.25) is 0 Å². The standard InChI is InChI=1S/C19H35N5O/c1-4-25-13-10-19(8-5-6-9-19)16-22-18(20-3)21-11-7-12-24-15-17(2)14-23-24/h14-15H,4-13,16H2,1-3H3,(H2,20,21,22). The Kier molecular flexibility index (Phi) is 8.25. The van der Waals surface area contributed by atoms with Gasteiger partial charge in [-0.15, -0.1) is 0 Å². The van der Waals surface area contributed by atoms with Gasteiger partial charge >= 0.3 is 0 Å². The van der Waals surface area contributed by atoms with Gasteiger partial charge in [0, 0.05) is 46.1 Å². The fraction of sp³-hybridized carbons (Fsp3) is 0.789. The van der Waals surface area contributed by atoms with Crippen molar-refractivity contribution >= 4 is 5.96 Å². The normalized spacial score (nSPS) is 17.0. The molecule has 1 heterocycles. The summed E-state index contributed by atoms with van der Waals surface area (Å²) in [7, 11) is 1.84. The van der Waals surface area contributed by atoms with Gasteiger partial charge in [0.2, 0.25) is 0 Å². The third kappa shape index (κ3) is 6.69. The number of hydrogen-bond acceptors (Lipinski definition) is 3. The Balaban J connectivity index is 1.69. The van der Waals surface area contributed by atoms with E-state index in [9.17, 15) is 0 Å². The molecule has 1 aromatic heterocycles. The molecule has 0 saturated heterocycles. The van der Waals surface area contributed by atoms with Gasteiger partial charge in [0.15, 0.2) is 5.96 Å². The van der Waals surface area contributed by atoms with Crippen LogP contribution >= 0.6 is 0 Å². The van der Waals surface area contributed by atoms with Crippen molar-refractivity contribution in [2.24, 2.45) is 10.4 Å². The summed E-state index contributed by atoms with van der Waals surface area (Å²) in [5.74, 6) is 0.902. The van der Waals surface area contributed by atoms with E-state index in [1.807, 2.05) is 17.9 Å². The summed E-state index contributed by atoms with van der Waals surface area (Å²) in [5, 5.41) is 11.3. The van der Waals surface area contributed by atoms with Gasteiger partial charge in [-0.25, -0.2) is 0 Å². The lowest BCUT2D eigenvalue weighted by atomic mass is 9.83. The van der Waals surface area contributed by atoms with Gasteiger partial charge in [-0.3, -0.25) is 9.67 Å². The number of aryl methyl sites for hydroxylation is 2. The summed E-state index contributed by atoms with van der Waals surface area (Å²) in [6.07, 6.45) is 11.4. The van der Waals surface area contributed by atoms with Crippen LogP contribution in [0.15, 0.2) is 17.4 Å². The molecular formula is C19H35N5O. The molecule has 0 amide bonds. The molecule has 1 aliphatic rings. The van der Waals surface area contributed by atoms with Crippen LogP contribution in [0.1, 0.15) is 51.0 Å². The van der Waals surface area contributed by atoms with Crippen molar-refractivity contribution < 1.29 is 4.74 Å². The minimum Gasteiger partial charge on any atom is -0.382 e. The number of nitrogens with one attached hydrogen (secondary N) is 2. The predicted octanol–water partition coefficient (Wildman–Crippen LogP) is 2.73. The molecule has 0 spiro atoms. The van der Waals surface area contributed by atoms with Crippen molar-refractivity contribution in [3.8, 4) is 0 Å². The van der Waals surface area contributed by atoms with Crippen molar-refractivity contribution in [2.75, 3.05) is 33.4 Å². The molecule has 0 unspecified atom stereocenters. The maximum atomic E-state index is 5.59. The van der Waals surface area contributed by atoms with Crippen LogP contribution in [-0.2, 0) is 11.3 Å². The fourth-order valence-corrected chi connectivity index (χ4v) is 3.60. The van der Waals surface area contributed by atoms with E-state index in [0.29, 0.717) is 5.41 Å². The van der Waals surface area contributed by atoms with E-state index >= 15 is 0 Å². The lowest BCUT2D eigenvalue weighted by molar-refractivity contribution is 0.105. The van der Waals surface area contributed by atoms with Crippen molar-refractivity contribution in [1.29, 1.82) is 0 Å². The molecule has 0 aromatic carbocycles. The Morgan fingerprint density at radius 1 is 1.36 bits per heavy atom. The van der Waals surface area contributed by atoms with Gasteiger partial charge in [-0.2, -0.15) is 5.10 Å². The summed E-state index contributed by atoms with van der Waals surface area (Å²) in [6, 6.07) is 0. The van der Waals surface area contributed by atoms with Crippen LogP contribution in [-0.4, -0.2) is 49.1 Å². The van der Waals surface area contributed by atoms with E-state index in [0.717, 1.165) is 51.6 Å². The number of rotatable bonds is 10. The van der Waals surface area contributed by atoms with E-state index in [2.05, 4.69) is 40.8 Å². The molecule has 0 aliphatic heterocycles. The monoisotopic (exact) mass is 349 g/mol. The zero-order chi connectivity index (χ0) is 18.0. The smallest absolute Gasteiger partial charge is 0.190 e. The van der Waals surface area contributed by atoms with Crippen LogP contribution in [0.25, 0.3) is 0 Å². The Morgan fingerprint density at radius 3 is 2.80 bits per heavy atom. The summed E-state index contributed by atoms with van der Waals surface area (Å²) < 4.78 is 7.59. The summed E-state index contributed by atoms with van der Waals surface area (Å²) in [4.78, 5) is 4.37. The highest BCUT2D eigenvalue weighted by Crippen LogP contribution is 2.40. The van der Waals surface area contributed by atoms with Crippen molar-refractivity contribution in [3.05, 3.63) is 18.0 Å². The summed E-state index contributed by atoms with van der Waals surface area (Å²) in [5.41, 5.74) is 1.58. The number of nitrogens with zero attached hydrogens (tertiary/aromatic N) is 3. The van der Waals surface area contributed by atoms with Gasteiger partial charge in [-0.1, -0.05) is 12.8 Å². The molecule has 142 valence electrons. The Hall–Kier alpha value is -1.56. The van der Waals surface area contributed by atoms with Crippen molar-refractivity contribution in [1.82, 2.24) is 20.4 Å². The molecule has 1 aromatic rings. The zero-order valence-electron chi connectivity index (χ0n) is 16.2. The number of guanidine groups is 1. The highest BCUT2D eigenvalue weighted by Gasteiger charge is 2.33. The molecule has 0 bridgehead atoms. The van der Waals surface area contributed by atoms with Gasteiger partial charge in [-0.05, 0) is 50.5 Å². The molecule has 0 atom stereocenters. The highest BCUT2D eigenvalue weighted by molar-refractivity contribution is 5.79. The third-order valence-electron chi connectivity index (χ3n) is 5.12. The first-order valence-corrected chi connectivity index (χ1v) is 9.69. The van der Waals surface area contributed by atoms with E-state index in [1.54, 1.807) is 0 Å². The molecule has 2 rings (SSSR count). The van der Waals surface area contributed by atoms with Crippen molar-refractivity contribution in [2.45, 2.75) is 58.9 Å². The predicted molar refractivity (Wildman–Crippen MR) is 103 cm³/mol. The highest BCUT2D eigenvalue weighted by atomic mass is 16.5. The van der Waals surface area contributed by atoms with Crippen LogP contribution in [0.3, 0.4) is 0 Å². The second-order valence-corrected chi connectivity index (χ2v) is 7.14. The second kappa shape index (κ2) is 10.4. The lowest BCUT2D eigenvalue weighted by Crippen LogP contribution is -2.43. The first-order valence-electron chi connectivity index (χ1n) is 9.69. The molecule has 6 nitrogen and oxygen atoms in total. The Morgan fingerprint density at radius 2 is 2.16 bits per heavy atom. The number of ether oxygens (including phenoxy) is 1. The quantitative estimate of drug-likeness (QED) is 0.387. The Labute approximate surface area is 152 Å².